The molecule has 4 nitrogen and oxygen atoms in total. The lowest BCUT2D eigenvalue weighted by molar-refractivity contribution is 0.0967. The van der Waals surface area contributed by atoms with E-state index in [2.05, 4.69) is 24.1 Å². The van der Waals surface area contributed by atoms with Crippen molar-refractivity contribution in [2.75, 3.05) is 32.1 Å². The van der Waals surface area contributed by atoms with Gasteiger partial charge in [-0.05, 0) is 62.6 Å². The largest absolute Gasteiger partial charge is 0.497 e. The van der Waals surface area contributed by atoms with Crippen molar-refractivity contribution >= 4 is 33.0 Å². The van der Waals surface area contributed by atoms with Crippen LogP contribution in [0.15, 0.2) is 54.6 Å². The SMILES string of the molecule is COc1cccc(N(C(=O)c2cc3ccccc3s2)C2CCN(C)CC2)c1. The van der Waals surface area contributed by atoms with E-state index in [4.69, 9.17) is 4.74 Å². The van der Waals surface area contributed by atoms with Gasteiger partial charge in [0.2, 0.25) is 0 Å². The van der Waals surface area contributed by atoms with Crippen molar-refractivity contribution in [3.8, 4) is 5.75 Å². The Hall–Kier alpha value is -2.37. The molecule has 0 spiro atoms. The average molecular weight is 381 g/mol. The van der Waals surface area contributed by atoms with Gasteiger partial charge in [0.1, 0.15) is 5.75 Å². The van der Waals surface area contributed by atoms with Gasteiger partial charge >= 0.3 is 0 Å². The van der Waals surface area contributed by atoms with Gasteiger partial charge in [-0.25, -0.2) is 0 Å². The molecule has 1 aliphatic heterocycles. The summed E-state index contributed by atoms with van der Waals surface area (Å²) in [6.07, 6.45) is 1.95. The molecule has 1 fully saturated rings. The maximum absolute atomic E-state index is 13.6. The van der Waals surface area contributed by atoms with Gasteiger partial charge < -0.3 is 14.5 Å². The van der Waals surface area contributed by atoms with E-state index >= 15 is 0 Å². The number of carbonyl (C=O) groups is 1. The van der Waals surface area contributed by atoms with Crippen molar-refractivity contribution in [1.29, 1.82) is 0 Å². The molecule has 0 atom stereocenters. The Balaban J connectivity index is 1.72. The second-order valence-electron chi connectivity index (χ2n) is 7.06. The van der Waals surface area contributed by atoms with Gasteiger partial charge in [0.05, 0.1) is 12.0 Å². The third kappa shape index (κ3) is 3.70. The van der Waals surface area contributed by atoms with Crippen molar-refractivity contribution in [3.63, 3.8) is 0 Å². The minimum absolute atomic E-state index is 0.0824. The molecule has 0 bridgehead atoms. The Morgan fingerprint density at radius 3 is 2.63 bits per heavy atom. The topological polar surface area (TPSA) is 32.8 Å². The molecule has 0 aliphatic carbocycles. The predicted octanol–water partition coefficient (Wildman–Crippen LogP) is 4.65. The molecule has 1 aliphatic rings. The van der Waals surface area contributed by atoms with Crippen LogP contribution < -0.4 is 9.64 Å². The van der Waals surface area contributed by atoms with E-state index in [1.165, 1.54) is 0 Å². The monoisotopic (exact) mass is 380 g/mol. The summed E-state index contributed by atoms with van der Waals surface area (Å²) in [6.45, 7) is 2.01. The van der Waals surface area contributed by atoms with Gasteiger partial charge in [-0.15, -0.1) is 11.3 Å². The van der Waals surface area contributed by atoms with Crippen LogP contribution in [0.4, 0.5) is 5.69 Å². The van der Waals surface area contributed by atoms with Gasteiger partial charge in [0.15, 0.2) is 0 Å². The van der Waals surface area contributed by atoms with E-state index in [9.17, 15) is 4.79 Å². The van der Waals surface area contributed by atoms with Crippen LogP contribution in [0.25, 0.3) is 10.1 Å². The van der Waals surface area contributed by atoms with E-state index in [-0.39, 0.29) is 11.9 Å². The van der Waals surface area contributed by atoms with Crippen molar-refractivity contribution in [2.24, 2.45) is 0 Å². The number of piperidine rings is 1. The van der Waals surface area contributed by atoms with E-state index in [1.807, 2.05) is 47.4 Å². The van der Waals surface area contributed by atoms with Crippen LogP contribution in [0.5, 0.6) is 5.75 Å². The lowest BCUT2D eigenvalue weighted by Gasteiger charge is -2.37. The van der Waals surface area contributed by atoms with Crippen molar-refractivity contribution in [1.82, 2.24) is 4.90 Å². The molecule has 5 heteroatoms. The molecular formula is C22H24N2O2S. The highest BCUT2D eigenvalue weighted by Crippen LogP contribution is 2.32. The van der Waals surface area contributed by atoms with E-state index in [1.54, 1.807) is 18.4 Å². The average Bonchev–Trinajstić information content (AvgIpc) is 3.14. The normalized spacial score (nSPS) is 15.8. The summed E-state index contributed by atoms with van der Waals surface area (Å²) in [4.78, 5) is 18.7. The molecular weight excluding hydrogens is 356 g/mol. The van der Waals surface area contributed by atoms with Gasteiger partial charge in [-0.3, -0.25) is 4.79 Å². The first-order valence-electron chi connectivity index (χ1n) is 9.30. The van der Waals surface area contributed by atoms with Crippen LogP contribution in [0, 0.1) is 0 Å². The number of thiophene rings is 1. The maximum Gasteiger partial charge on any atom is 0.268 e. The van der Waals surface area contributed by atoms with E-state index in [0.29, 0.717) is 0 Å². The third-order valence-electron chi connectivity index (χ3n) is 5.24. The van der Waals surface area contributed by atoms with Crippen LogP contribution in [0.1, 0.15) is 22.5 Å². The Morgan fingerprint density at radius 1 is 1.11 bits per heavy atom. The first kappa shape index (κ1) is 18.0. The summed E-state index contributed by atoms with van der Waals surface area (Å²) in [5.41, 5.74) is 0.909. The maximum atomic E-state index is 13.6. The highest BCUT2D eigenvalue weighted by Gasteiger charge is 2.30. The summed E-state index contributed by atoms with van der Waals surface area (Å²) in [7, 11) is 3.80. The van der Waals surface area contributed by atoms with Gasteiger partial charge in [-0.1, -0.05) is 24.3 Å². The highest BCUT2D eigenvalue weighted by molar-refractivity contribution is 7.20. The number of fused-ring (bicyclic) bond motifs is 1. The Kier molecular flexibility index (Phi) is 5.14. The lowest BCUT2D eigenvalue weighted by atomic mass is 10.0. The fourth-order valence-electron chi connectivity index (χ4n) is 3.71. The number of anilines is 1. The van der Waals surface area contributed by atoms with Crippen LogP contribution in [0.3, 0.4) is 0 Å². The molecule has 0 radical (unpaired) electrons. The number of methoxy groups -OCH3 is 1. The zero-order valence-electron chi connectivity index (χ0n) is 15.7. The quantitative estimate of drug-likeness (QED) is 0.660. The van der Waals surface area contributed by atoms with E-state index < -0.39 is 0 Å². The lowest BCUT2D eigenvalue weighted by Crippen LogP contribution is -2.46. The minimum Gasteiger partial charge on any atom is -0.497 e. The molecule has 0 N–H and O–H groups in total. The van der Waals surface area contributed by atoms with Crippen molar-refractivity contribution in [3.05, 3.63) is 59.5 Å². The number of carbonyl (C=O) groups excluding carboxylic acids is 1. The summed E-state index contributed by atoms with van der Waals surface area (Å²) < 4.78 is 6.55. The van der Waals surface area contributed by atoms with Gasteiger partial charge in [0, 0.05) is 22.5 Å². The molecule has 2 heterocycles. The summed E-state index contributed by atoms with van der Waals surface area (Å²) in [5.74, 6) is 0.855. The molecule has 2 aromatic carbocycles. The first-order valence-corrected chi connectivity index (χ1v) is 10.1. The molecule has 0 saturated carbocycles. The number of ether oxygens (including phenoxy) is 1. The number of benzene rings is 2. The van der Waals surface area contributed by atoms with E-state index in [0.717, 1.165) is 52.3 Å². The summed E-state index contributed by atoms with van der Waals surface area (Å²) >= 11 is 1.57. The molecule has 3 aromatic rings. The summed E-state index contributed by atoms with van der Waals surface area (Å²) in [5, 5.41) is 1.12. The highest BCUT2D eigenvalue weighted by atomic mass is 32.1. The second-order valence-corrected chi connectivity index (χ2v) is 8.14. The molecule has 4 rings (SSSR count). The third-order valence-corrected chi connectivity index (χ3v) is 6.34. The number of rotatable bonds is 4. The molecule has 1 aromatic heterocycles. The van der Waals surface area contributed by atoms with Gasteiger partial charge in [-0.2, -0.15) is 0 Å². The molecule has 140 valence electrons. The zero-order valence-corrected chi connectivity index (χ0v) is 16.5. The number of nitrogens with zero attached hydrogens (tertiary/aromatic N) is 2. The smallest absolute Gasteiger partial charge is 0.268 e. The molecule has 1 amide bonds. The molecule has 27 heavy (non-hydrogen) atoms. The standard InChI is InChI=1S/C22H24N2O2S/c1-23-12-10-17(11-13-23)24(18-7-5-8-19(15-18)26-2)22(25)21-14-16-6-3-4-9-20(16)27-21/h3-9,14-15,17H,10-13H2,1-2H3. The molecule has 1 saturated heterocycles. The minimum atomic E-state index is 0.0824. The van der Waals surface area contributed by atoms with Crippen LogP contribution >= 0.6 is 11.3 Å². The Labute approximate surface area is 164 Å². The van der Waals surface area contributed by atoms with Crippen molar-refractivity contribution < 1.29 is 9.53 Å². The van der Waals surface area contributed by atoms with Crippen LogP contribution in [0.2, 0.25) is 0 Å². The fourth-order valence-corrected chi connectivity index (χ4v) is 4.71. The van der Waals surface area contributed by atoms with Crippen molar-refractivity contribution in [2.45, 2.75) is 18.9 Å². The summed E-state index contributed by atoms with van der Waals surface area (Å²) in [6, 6.07) is 18.2. The zero-order chi connectivity index (χ0) is 18.8. The Bertz CT molecular complexity index is 911. The fraction of sp³-hybridized carbons (Fsp3) is 0.318. The Morgan fingerprint density at radius 2 is 1.89 bits per heavy atom. The number of amides is 1. The van der Waals surface area contributed by atoms with Crippen LogP contribution in [-0.4, -0.2) is 44.1 Å². The number of hydrogen-bond donors (Lipinski definition) is 0. The molecule has 0 unspecified atom stereocenters. The first-order chi connectivity index (χ1) is 13.2. The van der Waals surface area contributed by atoms with Crippen LogP contribution in [-0.2, 0) is 0 Å². The predicted molar refractivity (Wildman–Crippen MR) is 112 cm³/mol. The number of likely N-dealkylation sites (tertiary alicyclic amines) is 1. The second kappa shape index (κ2) is 7.71. The number of hydrogen-bond acceptors (Lipinski definition) is 4. The van der Waals surface area contributed by atoms with Gasteiger partial charge in [0.25, 0.3) is 5.91 Å².